The van der Waals surface area contributed by atoms with Crippen molar-refractivity contribution in [3.63, 3.8) is 0 Å². The first-order valence-electron chi connectivity index (χ1n) is 10.4. The van der Waals surface area contributed by atoms with E-state index in [2.05, 4.69) is 39.1 Å². The van der Waals surface area contributed by atoms with Crippen molar-refractivity contribution in [2.75, 3.05) is 33.5 Å². The first-order chi connectivity index (χ1) is 14.7. The van der Waals surface area contributed by atoms with Gasteiger partial charge in [0.25, 0.3) is 5.91 Å². The molecule has 2 aromatic carbocycles. The van der Waals surface area contributed by atoms with Crippen molar-refractivity contribution in [1.29, 1.82) is 0 Å². The van der Waals surface area contributed by atoms with Gasteiger partial charge in [-0.25, -0.2) is 0 Å². The van der Waals surface area contributed by atoms with Crippen LogP contribution in [0.3, 0.4) is 0 Å². The van der Waals surface area contributed by atoms with Crippen LogP contribution in [0.15, 0.2) is 47.5 Å². The first-order valence-corrected chi connectivity index (χ1v) is 10.4. The van der Waals surface area contributed by atoms with Crippen molar-refractivity contribution in [2.24, 2.45) is 10.7 Å². The van der Waals surface area contributed by atoms with Crippen molar-refractivity contribution < 1.29 is 14.3 Å². The molecule has 0 radical (unpaired) electrons. The monoisotopic (exact) mass is 408 g/mol. The molecule has 0 spiro atoms. The Kier molecular flexibility index (Phi) is 6.30. The molecule has 0 atom stereocenters. The summed E-state index contributed by atoms with van der Waals surface area (Å²) in [5.41, 5.74) is 8.69. The molecule has 1 aliphatic heterocycles. The second-order valence-corrected chi connectivity index (χ2v) is 7.53. The zero-order valence-electron chi connectivity index (χ0n) is 17.3. The van der Waals surface area contributed by atoms with E-state index >= 15 is 0 Å². The fraction of sp³-hybridized carbons (Fsp3) is 0.391. The number of nitrogens with two attached hydrogens (primary N) is 1. The average molecular weight is 409 g/mol. The summed E-state index contributed by atoms with van der Waals surface area (Å²) in [6.07, 6.45) is 2.68. The number of ether oxygens (including phenoxy) is 2. The molecule has 3 aromatic rings. The molecule has 0 saturated carbocycles. The van der Waals surface area contributed by atoms with E-state index in [1.807, 2.05) is 18.2 Å². The van der Waals surface area contributed by atoms with Crippen molar-refractivity contribution >= 4 is 33.7 Å². The largest absolute Gasteiger partial charge is 0.385 e. The summed E-state index contributed by atoms with van der Waals surface area (Å²) in [5.74, 6) is -0.130. The lowest BCUT2D eigenvalue weighted by atomic mass is 10.1. The summed E-state index contributed by atoms with van der Waals surface area (Å²) >= 11 is 0. The Hall–Kier alpha value is -2.90. The molecular formula is C23H28N4O3. The van der Waals surface area contributed by atoms with Gasteiger partial charge in [-0.3, -0.25) is 15.1 Å². The number of aliphatic imine (C=N–C) groups is 1. The molecule has 1 amide bonds. The van der Waals surface area contributed by atoms with Crippen LogP contribution in [0.5, 0.6) is 0 Å². The van der Waals surface area contributed by atoms with Gasteiger partial charge in [-0.15, -0.1) is 0 Å². The highest BCUT2D eigenvalue weighted by Crippen LogP contribution is 2.35. The number of hydrogen-bond donors (Lipinski definition) is 2. The second-order valence-electron chi connectivity index (χ2n) is 7.53. The van der Waals surface area contributed by atoms with Gasteiger partial charge in [-0.05, 0) is 37.5 Å². The fourth-order valence-electron chi connectivity index (χ4n) is 4.11. The van der Waals surface area contributed by atoms with Crippen LogP contribution >= 0.6 is 0 Å². The highest BCUT2D eigenvalue weighted by molar-refractivity contribution is 6.12. The molecule has 0 unspecified atom stereocenters. The van der Waals surface area contributed by atoms with Crippen LogP contribution in [-0.4, -0.2) is 49.9 Å². The topological polar surface area (TPSA) is 90.9 Å². The molecule has 0 aliphatic carbocycles. The Labute approximate surface area is 175 Å². The van der Waals surface area contributed by atoms with Gasteiger partial charge in [0.2, 0.25) is 0 Å². The van der Waals surface area contributed by atoms with Crippen LogP contribution in [0.4, 0.5) is 0 Å². The third-order valence-electron chi connectivity index (χ3n) is 5.56. The summed E-state index contributed by atoms with van der Waals surface area (Å²) in [7, 11) is 1.64. The first kappa shape index (κ1) is 20.4. The van der Waals surface area contributed by atoms with E-state index < -0.39 is 0 Å². The third kappa shape index (κ3) is 4.17. The standard InChI is InChI=1S/C23H28N4O3/c1-29-12-4-11-25-23(24)26-22(28)16-7-8-19-18-5-2-3-6-20(18)27(21(19)15-16)17-9-13-30-14-10-17/h2-3,5-8,15,17H,4,9-14H2,1H3,(H3,24,25,26,28). The van der Waals surface area contributed by atoms with Gasteiger partial charge >= 0.3 is 0 Å². The smallest absolute Gasteiger partial charge is 0.258 e. The normalized spacial score (nSPS) is 15.7. The van der Waals surface area contributed by atoms with E-state index in [0.717, 1.165) is 43.4 Å². The Balaban J connectivity index is 1.66. The van der Waals surface area contributed by atoms with E-state index in [9.17, 15) is 4.79 Å². The van der Waals surface area contributed by atoms with E-state index in [1.165, 1.54) is 10.9 Å². The van der Waals surface area contributed by atoms with Crippen LogP contribution in [-0.2, 0) is 9.47 Å². The second kappa shape index (κ2) is 9.28. The summed E-state index contributed by atoms with van der Waals surface area (Å²) in [6.45, 7) is 2.64. The minimum absolute atomic E-state index is 0.126. The number of nitrogens with zero attached hydrogens (tertiary/aromatic N) is 2. The molecule has 1 aromatic heterocycles. The van der Waals surface area contributed by atoms with Crippen LogP contribution in [0.1, 0.15) is 35.7 Å². The molecule has 1 aliphatic rings. The number of methoxy groups -OCH3 is 1. The van der Waals surface area contributed by atoms with Gasteiger partial charge < -0.3 is 19.8 Å². The molecule has 158 valence electrons. The molecule has 2 heterocycles. The van der Waals surface area contributed by atoms with Gasteiger partial charge in [-0.2, -0.15) is 0 Å². The molecule has 0 bridgehead atoms. The van der Waals surface area contributed by atoms with Crippen molar-refractivity contribution in [2.45, 2.75) is 25.3 Å². The lowest BCUT2D eigenvalue weighted by Crippen LogP contribution is -2.37. The van der Waals surface area contributed by atoms with E-state index in [-0.39, 0.29) is 11.9 Å². The highest BCUT2D eigenvalue weighted by atomic mass is 16.5. The Bertz CT molecular complexity index is 1070. The number of nitrogens with one attached hydrogen (secondary N) is 1. The van der Waals surface area contributed by atoms with Gasteiger partial charge in [0, 0.05) is 61.4 Å². The lowest BCUT2D eigenvalue weighted by molar-refractivity contribution is 0.0717. The van der Waals surface area contributed by atoms with Gasteiger partial charge in [0.1, 0.15) is 0 Å². The van der Waals surface area contributed by atoms with E-state index in [0.29, 0.717) is 24.8 Å². The third-order valence-corrected chi connectivity index (χ3v) is 5.56. The van der Waals surface area contributed by atoms with Crippen molar-refractivity contribution in [3.8, 4) is 0 Å². The number of hydrogen-bond acceptors (Lipinski definition) is 4. The lowest BCUT2D eigenvalue weighted by Gasteiger charge is -2.25. The predicted molar refractivity (Wildman–Crippen MR) is 119 cm³/mol. The minimum atomic E-state index is -0.256. The molecule has 7 nitrogen and oxygen atoms in total. The Morgan fingerprint density at radius 1 is 1.20 bits per heavy atom. The zero-order valence-corrected chi connectivity index (χ0v) is 17.3. The maximum atomic E-state index is 12.8. The molecule has 7 heteroatoms. The maximum Gasteiger partial charge on any atom is 0.258 e. The van der Waals surface area contributed by atoms with Gasteiger partial charge in [0.15, 0.2) is 5.96 Å². The number of rotatable bonds is 6. The molecule has 1 fully saturated rings. The summed E-state index contributed by atoms with van der Waals surface area (Å²) in [5, 5.41) is 5.04. The molecule has 1 saturated heterocycles. The molecule has 30 heavy (non-hydrogen) atoms. The van der Waals surface area contributed by atoms with Crippen LogP contribution in [0, 0.1) is 0 Å². The minimum Gasteiger partial charge on any atom is -0.385 e. The van der Waals surface area contributed by atoms with Crippen molar-refractivity contribution in [1.82, 2.24) is 9.88 Å². The average Bonchev–Trinajstić information content (AvgIpc) is 3.11. The fourth-order valence-corrected chi connectivity index (χ4v) is 4.11. The van der Waals surface area contributed by atoms with Crippen LogP contribution in [0.25, 0.3) is 21.8 Å². The number of carbonyl (C=O) groups is 1. The Morgan fingerprint density at radius 2 is 1.97 bits per heavy atom. The SMILES string of the molecule is COCCCN=C(N)NC(=O)c1ccc2c3ccccc3n(C3CCOCC3)c2c1. The number of carbonyl (C=O) groups excluding carboxylic acids is 1. The van der Waals surface area contributed by atoms with E-state index in [4.69, 9.17) is 15.2 Å². The highest BCUT2D eigenvalue weighted by Gasteiger charge is 2.21. The summed E-state index contributed by atoms with van der Waals surface area (Å²) in [6, 6.07) is 14.6. The van der Waals surface area contributed by atoms with Gasteiger partial charge in [-0.1, -0.05) is 24.3 Å². The number of guanidine groups is 1. The van der Waals surface area contributed by atoms with Crippen molar-refractivity contribution in [3.05, 3.63) is 48.0 Å². The maximum absolute atomic E-state index is 12.8. The number of aromatic nitrogens is 1. The van der Waals surface area contributed by atoms with Crippen LogP contribution in [0.2, 0.25) is 0 Å². The van der Waals surface area contributed by atoms with E-state index in [1.54, 1.807) is 7.11 Å². The quantitative estimate of drug-likeness (QED) is 0.372. The summed E-state index contributed by atoms with van der Waals surface area (Å²) < 4.78 is 12.9. The number of fused-ring (bicyclic) bond motifs is 3. The number of amides is 1. The molecular weight excluding hydrogens is 380 g/mol. The van der Waals surface area contributed by atoms with Gasteiger partial charge in [0.05, 0.1) is 5.52 Å². The zero-order chi connectivity index (χ0) is 20.9. The predicted octanol–water partition coefficient (Wildman–Crippen LogP) is 3.23. The number of benzene rings is 2. The van der Waals surface area contributed by atoms with Crippen LogP contribution < -0.4 is 11.1 Å². The Morgan fingerprint density at radius 3 is 2.77 bits per heavy atom. The molecule has 4 rings (SSSR count). The summed E-state index contributed by atoms with van der Waals surface area (Å²) in [4.78, 5) is 16.9. The molecule has 3 N–H and O–H groups in total. The number of para-hydroxylation sites is 1.